The molecule has 1 aromatic carbocycles. The summed E-state index contributed by atoms with van der Waals surface area (Å²) in [7, 11) is 0.212. The van der Waals surface area contributed by atoms with E-state index >= 15 is 0 Å². The van der Waals surface area contributed by atoms with Gasteiger partial charge >= 0.3 is 0 Å². The van der Waals surface area contributed by atoms with Crippen LogP contribution in [0, 0.1) is 11.5 Å². The second-order valence-corrected chi connectivity index (χ2v) is 12.3. The van der Waals surface area contributed by atoms with Crippen LogP contribution < -0.4 is 0 Å². The SMILES string of the molecule is COCCC/C(=C/C#C[Si](C)(C)C(C)(C)C)c1ccccc1. The van der Waals surface area contributed by atoms with E-state index < -0.39 is 8.07 Å². The Morgan fingerprint density at radius 2 is 1.82 bits per heavy atom. The number of hydrogen-bond donors (Lipinski definition) is 0. The van der Waals surface area contributed by atoms with E-state index in [1.165, 1.54) is 11.1 Å². The van der Waals surface area contributed by atoms with Crippen molar-refractivity contribution in [2.75, 3.05) is 13.7 Å². The Morgan fingerprint density at radius 3 is 2.36 bits per heavy atom. The van der Waals surface area contributed by atoms with E-state index in [1.54, 1.807) is 7.11 Å². The van der Waals surface area contributed by atoms with Crippen LogP contribution in [0.5, 0.6) is 0 Å². The van der Waals surface area contributed by atoms with Crippen molar-refractivity contribution in [1.29, 1.82) is 0 Å². The number of allylic oxidation sites excluding steroid dienone is 2. The second kappa shape index (κ2) is 8.36. The van der Waals surface area contributed by atoms with Gasteiger partial charge in [-0.25, -0.2) is 0 Å². The van der Waals surface area contributed by atoms with Crippen LogP contribution in [-0.2, 0) is 4.74 Å². The van der Waals surface area contributed by atoms with Gasteiger partial charge in [-0.15, -0.1) is 5.54 Å². The molecule has 0 spiro atoms. The lowest BCUT2D eigenvalue weighted by Crippen LogP contribution is -2.35. The maximum absolute atomic E-state index is 5.18. The van der Waals surface area contributed by atoms with Gasteiger partial charge in [-0.3, -0.25) is 0 Å². The van der Waals surface area contributed by atoms with Gasteiger partial charge in [0.05, 0.1) is 0 Å². The van der Waals surface area contributed by atoms with E-state index in [4.69, 9.17) is 4.74 Å². The fourth-order valence-corrected chi connectivity index (χ4v) is 2.66. The fraction of sp³-hybridized carbons (Fsp3) is 0.500. The van der Waals surface area contributed by atoms with Crippen LogP contribution >= 0.6 is 0 Å². The van der Waals surface area contributed by atoms with Gasteiger partial charge in [-0.2, -0.15) is 0 Å². The minimum absolute atomic E-state index is 0.302. The van der Waals surface area contributed by atoms with E-state index in [-0.39, 0.29) is 0 Å². The molecule has 0 aromatic heterocycles. The highest BCUT2D eigenvalue weighted by Crippen LogP contribution is 2.35. The summed E-state index contributed by atoms with van der Waals surface area (Å²) >= 11 is 0. The molecule has 0 atom stereocenters. The topological polar surface area (TPSA) is 9.23 Å². The minimum atomic E-state index is -1.54. The highest BCUT2D eigenvalue weighted by Gasteiger charge is 2.33. The molecule has 0 saturated carbocycles. The minimum Gasteiger partial charge on any atom is -0.385 e. The van der Waals surface area contributed by atoms with Crippen LogP contribution in [0.1, 0.15) is 39.2 Å². The molecule has 0 unspecified atom stereocenters. The molecular formula is C20H30OSi. The molecule has 0 fully saturated rings. The molecule has 1 rings (SSSR count). The summed E-state index contributed by atoms with van der Waals surface area (Å²) in [6, 6.07) is 10.5. The summed E-state index contributed by atoms with van der Waals surface area (Å²) in [6.45, 7) is 12.4. The monoisotopic (exact) mass is 314 g/mol. The number of ether oxygens (including phenoxy) is 1. The van der Waals surface area contributed by atoms with Gasteiger partial charge in [0.2, 0.25) is 0 Å². The molecule has 22 heavy (non-hydrogen) atoms. The maximum atomic E-state index is 5.18. The third-order valence-corrected chi connectivity index (χ3v) is 8.96. The molecule has 0 saturated heterocycles. The fourth-order valence-electron chi connectivity index (χ4n) is 1.85. The summed E-state index contributed by atoms with van der Waals surface area (Å²) in [5.41, 5.74) is 6.15. The standard InChI is InChI=1S/C20H30OSi/c1-20(2,3)22(5,6)17-11-15-19(14-10-16-21-4)18-12-8-7-9-13-18/h7-9,12-13,15H,10,14,16H2,1-6H3/b19-15-. The first-order valence-electron chi connectivity index (χ1n) is 8.04. The molecule has 1 nitrogen and oxygen atoms in total. The number of benzene rings is 1. The molecule has 1 aromatic rings. The average Bonchev–Trinajstić information content (AvgIpc) is 2.45. The molecular weight excluding hydrogens is 284 g/mol. The van der Waals surface area contributed by atoms with Crippen molar-refractivity contribution in [2.24, 2.45) is 0 Å². The molecule has 0 radical (unpaired) electrons. The smallest absolute Gasteiger partial charge is 0.138 e. The highest BCUT2D eigenvalue weighted by atomic mass is 28.3. The van der Waals surface area contributed by atoms with Crippen molar-refractivity contribution in [3.8, 4) is 11.5 Å². The van der Waals surface area contributed by atoms with Gasteiger partial charge in [-0.05, 0) is 35.1 Å². The normalized spacial score (nSPS) is 12.7. The Balaban J connectivity index is 2.98. The van der Waals surface area contributed by atoms with E-state index in [0.29, 0.717) is 5.04 Å². The third-order valence-electron chi connectivity index (χ3n) is 4.45. The molecule has 0 N–H and O–H groups in total. The Morgan fingerprint density at radius 1 is 1.18 bits per heavy atom. The van der Waals surface area contributed by atoms with Gasteiger partial charge < -0.3 is 4.74 Å². The van der Waals surface area contributed by atoms with E-state index in [0.717, 1.165) is 19.4 Å². The Kier molecular flexibility index (Phi) is 7.12. The predicted octanol–water partition coefficient (Wildman–Crippen LogP) is 5.55. The Labute approximate surface area is 137 Å². The van der Waals surface area contributed by atoms with Crippen LogP contribution in [0.2, 0.25) is 18.1 Å². The Hall–Kier alpha value is -1.30. The largest absolute Gasteiger partial charge is 0.385 e. The zero-order chi connectivity index (χ0) is 16.6. The van der Waals surface area contributed by atoms with Crippen LogP contribution in [-0.4, -0.2) is 21.8 Å². The van der Waals surface area contributed by atoms with Gasteiger partial charge in [0.15, 0.2) is 0 Å². The molecule has 0 heterocycles. The predicted molar refractivity (Wildman–Crippen MR) is 101 cm³/mol. The first-order valence-corrected chi connectivity index (χ1v) is 11.0. The quantitative estimate of drug-likeness (QED) is 0.393. The first-order chi connectivity index (χ1) is 10.3. The highest BCUT2D eigenvalue weighted by molar-refractivity contribution is 6.87. The number of hydrogen-bond acceptors (Lipinski definition) is 1. The molecule has 120 valence electrons. The zero-order valence-electron chi connectivity index (χ0n) is 15.0. The number of rotatable bonds is 5. The van der Waals surface area contributed by atoms with Crippen molar-refractivity contribution < 1.29 is 4.74 Å². The summed E-state index contributed by atoms with van der Waals surface area (Å²) < 4.78 is 5.18. The van der Waals surface area contributed by atoms with Gasteiger partial charge in [-0.1, -0.05) is 70.1 Å². The molecule has 0 aliphatic carbocycles. The lowest BCUT2D eigenvalue weighted by Gasteiger charge is -2.31. The van der Waals surface area contributed by atoms with E-state index in [2.05, 4.69) is 81.7 Å². The summed E-state index contributed by atoms with van der Waals surface area (Å²) in [4.78, 5) is 0. The Bertz CT molecular complexity index is 539. The van der Waals surface area contributed by atoms with Crippen molar-refractivity contribution >= 4 is 13.6 Å². The molecule has 0 aliphatic heterocycles. The number of methoxy groups -OCH3 is 1. The third kappa shape index (κ3) is 5.83. The zero-order valence-corrected chi connectivity index (χ0v) is 16.0. The van der Waals surface area contributed by atoms with E-state index in [9.17, 15) is 0 Å². The van der Waals surface area contributed by atoms with Crippen LogP contribution in [0.4, 0.5) is 0 Å². The van der Waals surface area contributed by atoms with Gasteiger partial charge in [0.1, 0.15) is 8.07 Å². The summed E-state index contributed by atoms with van der Waals surface area (Å²) in [5, 5.41) is 0.302. The van der Waals surface area contributed by atoms with Crippen LogP contribution in [0.25, 0.3) is 5.57 Å². The molecule has 2 heteroatoms. The van der Waals surface area contributed by atoms with Crippen molar-refractivity contribution in [3.05, 3.63) is 42.0 Å². The van der Waals surface area contributed by atoms with Crippen molar-refractivity contribution in [3.63, 3.8) is 0 Å². The molecule has 0 aliphatic rings. The lowest BCUT2D eigenvalue weighted by molar-refractivity contribution is 0.196. The van der Waals surface area contributed by atoms with E-state index in [1.807, 2.05) is 0 Å². The van der Waals surface area contributed by atoms with Gasteiger partial charge in [0, 0.05) is 13.7 Å². The van der Waals surface area contributed by atoms with Crippen LogP contribution in [0.15, 0.2) is 36.4 Å². The molecule has 0 amide bonds. The van der Waals surface area contributed by atoms with Crippen LogP contribution in [0.3, 0.4) is 0 Å². The van der Waals surface area contributed by atoms with Crippen molar-refractivity contribution in [2.45, 2.75) is 51.7 Å². The van der Waals surface area contributed by atoms with Gasteiger partial charge in [0.25, 0.3) is 0 Å². The second-order valence-electron chi connectivity index (χ2n) is 7.28. The van der Waals surface area contributed by atoms with Crippen molar-refractivity contribution in [1.82, 2.24) is 0 Å². The first kappa shape index (κ1) is 18.7. The average molecular weight is 315 g/mol. The lowest BCUT2D eigenvalue weighted by atomic mass is 10.0. The summed E-state index contributed by atoms with van der Waals surface area (Å²) in [6.07, 6.45) is 4.15. The summed E-state index contributed by atoms with van der Waals surface area (Å²) in [5.74, 6) is 3.37. The molecule has 0 bridgehead atoms. The maximum Gasteiger partial charge on any atom is 0.138 e.